The molecular weight excluding hydrogens is 184 g/mol. The van der Waals surface area contributed by atoms with Gasteiger partial charge in [-0.1, -0.05) is 13.8 Å². The standard InChI is InChI=1S/C13H28N2/c1-10-6-7-15(9-11(10)2)13(4)8-12(3)14-5/h10-14H,6-9H2,1-5H3. The van der Waals surface area contributed by atoms with E-state index < -0.39 is 0 Å². The van der Waals surface area contributed by atoms with Crippen molar-refractivity contribution in [2.45, 2.75) is 52.6 Å². The minimum absolute atomic E-state index is 0.634. The molecule has 4 unspecified atom stereocenters. The molecule has 1 N–H and O–H groups in total. The molecule has 0 bridgehead atoms. The van der Waals surface area contributed by atoms with E-state index in [0.717, 1.165) is 17.9 Å². The van der Waals surface area contributed by atoms with E-state index >= 15 is 0 Å². The number of hydrogen-bond donors (Lipinski definition) is 1. The van der Waals surface area contributed by atoms with E-state index in [-0.39, 0.29) is 0 Å². The van der Waals surface area contributed by atoms with E-state index in [2.05, 4.69) is 45.0 Å². The fourth-order valence-electron chi connectivity index (χ4n) is 2.47. The summed E-state index contributed by atoms with van der Waals surface area (Å²) in [6, 6.07) is 1.36. The van der Waals surface area contributed by atoms with Gasteiger partial charge in [0.15, 0.2) is 0 Å². The third kappa shape index (κ3) is 3.76. The average Bonchev–Trinajstić information content (AvgIpc) is 2.21. The third-order valence-electron chi connectivity index (χ3n) is 4.18. The molecule has 0 spiro atoms. The van der Waals surface area contributed by atoms with E-state index in [1.165, 1.54) is 25.9 Å². The fourth-order valence-corrected chi connectivity index (χ4v) is 2.47. The molecule has 15 heavy (non-hydrogen) atoms. The Hall–Kier alpha value is -0.0800. The predicted molar refractivity (Wildman–Crippen MR) is 67.1 cm³/mol. The second kappa shape index (κ2) is 5.86. The smallest absolute Gasteiger partial charge is 0.00817 e. The first-order chi connectivity index (χ1) is 7.04. The molecule has 1 saturated heterocycles. The number of rotatable bonds is 4. The lowest BCUT2D eigenvalue weighted by Crippen LogP contribution is -2.45. The summed E-state index contributed by atoms with van der Waals surface area (Å²) in [7, 11) is 2.05. The zero-order chi connectivity index (χ0) is 11.4. The van der Waals surface area contributed by atoms with Gasteiger partial charge in [0.2, 0.25) is 0 Å². The zero-order valence-corrected chi connectivity index (χ0v) is 11.1. The van der Waals surface area contributed by atoms with Crippen LogP contribution in [0.4, 0.5) is 0 Å². The van der Waals surface area contributed by atoms with Crippen molar-refractivity contribution in [2.24, 2.45) is 11.8 Å². The summed E-state index contributed by atoms with van der Waals surface area (Å²) in [4.78, 5) is 2.67. The highest BCUT2D eigenvalue weighted by Crippen LogP contribution is 2.24. The first-order valence-corrected chi connectivity index (χ1v) is 6.46. The van der Waals surface area contributed by atoms with Crippen LogP contribution in [-0.2, 0) is 0 Å². The number of nitrogens with one attached hydrogen (secondary N) is 1. The molecule has 1 fully saturated rings. The van der Waals surface area contributed by atoms with Crippen LogP contribution in [0.25, 0.3) is 0 Å². The summed E-state index contributed by atoms with van der Waals surface area (Å²) in [6.07, 6.45) is 2.64. The van der Waals surface area contributed by atoms with Crippen LogP contribution in [0.3, 0.4) is 0 Å². The van der Waals surface area contributed by atoms with E-state index in [9.17, 15) is 0 Å². The molecule has 0 aliphatic carbocycles. The minimum atomic E-state index is 0.634. The molecule has 0 aromatic carbocycles. The average molecular weight is 212 g/mol. The monoisotopic (exact) mass is 212 g/mol. The van der Waals surface area contributed by atoms with Crippen molar-refractivity contribution in [1.82, 2.24) is 10.2 Å². The van der Waals surface area contributed by atoms with E-state index in [1.807, 2.05) is 0 Å². The van der Waals surface area contributed by atoms with E-state index in [4.69, 9.17) is 0 Å². The lowest BCUT2D eigenvalue weighted by molar-refractivity contribution is 0.0948. The quantitative estimate of drug-likeness (QED) is 0.769. The molecule has 90 valence electrons. The molecule has 2 nitrogen and oxygen atoms in total. The molecule has 1 aliphatic rings. The highest BCUT2D eigenvalue weighted by Gasteiger charge is 2.25. The van der Waals surface area contributed by atoms with Crippen LogP contribution in [0.1, 0.15) is 40.5 Å². The number of hydrogen-bond acceptors (Lipinski definition) is 2. The van der Waals surface area contributed by atoms with Gasteiger partial charge in [0.1, 0.15) is 0 Å². The number of nitrogens with zero attached hydrogens (tertiary/aromatic N) is 1. The fraction of sp³-hybridized carbons (Fsp3) is 1.00. The first-order valence-electron chi connectivity index (χ1n) is 6.46. The topological polar surface area (TPSA) is 15.3 Å². The summed E-state index contributed by atoms with van der Waals surface area (Å²) >= 11 is 0. The molecule has 1 aliphatic heterocycles. The van der Waals surface area contributed by atoms with Gasteiger partial charge in [-0.2, -0.15) is 0 Å². The van der Waals surface area contributed by atoms with Gasteiger partial charge < -0.3 is 10.2 Å². The van der Waals surface area contributed by atoms with Gasteiger partial charge in [-0.3, -0.25) is 0 Å². The molecule has 0 saturated carbocycles. The Morgan fingerprint density at radius 2 is 1.93 bits per heavy atom. The molecule has 4 atom stereocenters. The Labute approximate surface area is 95.4 Å². The van der Waals surface area contributed by atoms with Gasteiger partial charge >= 0.3 is 0 Å². The summed E-state index contributed by atoms with van der Waals surface area (Å²) in [5, 5.41) is 3.33. The van der Waals surface area contributed by atoms with Crippen LogP contribution in [-0.4, -0.2) is 37.1 Å². The molecule has 2 heteroatoms. The summed E-state index contributed by atoms with van der Waals surface area (Å²) < 4.78 is 0. The van der Waals surface area contributed by atoms with Crippen molar-refractivity contribution in [3.05, 3.63) is 0 Å². The van der Waals surface area contributed by atoms with Crippen LogP contribution >= 0.6 is 0 Å². The highest BCUT2D eigenvalue weighted by molar-refractivity contribution is 4.80. The Balaban J connectivity index is 2.37. The van der Waals surface area contributed by atoms with Gasteiger partial charge in [0.05, 0.1) is 0 Å². The van der Waals surface area contributed by atoms with Crippen molar-refractivity contribution in [3.63, 3.8) is 0 Å². The van der Waals surface area contributed by atoms with Gasteiger partial charge in [0, 0.05) is 18.6 Å². The van der Waals surface area contributed by atoms with Crippen LogP contribution in [0.5, 0.6) is 0 Å². The van der Waals surface area contributed by atoms with Gasteiger partial charge in [-0.25, -0.2) is 0 Å². The van der Waals surface area contributed by atoms with Crippen LogP contribution < -0.4 is 5.32 Å². The highest BCUT2D eigenvalue weighted by atomic mass is 15.2. The Morgan fingerprint density at radius 1 is 1.27 bits per heavy atom. The number of piperidine rings is 1. The summed E-state index contributed by atoms with van der Waals surface area (Å²) in [5.41, 5.74) is 0. The molecule has 1 heterocycles. The Kier molecular flexibility index (Phi) is 5.07. The van der Waals surface area contributed by atoms with Crippen molar-refractivity contribution in [3.8, 4) is 0 Å². The Bertz CT molecular complexity index is 181. The Morgan fingerprint density at radius 3 is 2.47 bits per heavy atom. The molecule has 0 aromatic rings. The maximum atomic E-state index is 3.33. The van der Waals surface area contributed by atoms with Gasteiger partial charge in [-0.15, -0.1) is 0 Å². The van der Waals surface area contributed by atoms with Gasteiger partial charge in [0.25, 0.3) is 0 Å². The molecule has 0 radical (unpaired) electrons. The predicted octanol–water partition coefficient (Wildman–Crippen LogP) is 2.35. The first kappa shape index (κ1) is 13.0. The summed E-state index contributed by atoms with van der Waals surface area (Å²) in [5.74, 6) is 1.78. The normalized spacial score (nSPS) is 32.6. The van der Waals surface area contributed by atoms with Crippen molar-refractivity contribution in [2.75, 3.05) is 20.1 Å². The van der Waals surface area contributed by atoms with Gasteiger partial charge in [-0.05, 0) is 52.1 Å². The SMILES string of the molecule is CNC(C)CC(C)N1CCC(C)C(C)C1. The lowest BCUT2D eigenvalue weighted by atomic mass is 9.87. The molecule has 1 rings (SSSR count). The minimum Gasteiger partial charge on any atom is -0.317 e. The third-order valence-corrected chi connectivity index (χ3v) is 4.18. The lowest BCUT2D eigenvalue weighted by Gasteiger charge is -2.39. The van der Waals surface area contributed by atoms with E-state index in [1.54, 1.807) is 0 Å². The molecular formula is C13H28N2. The largest absolute Gasteiger partial charge is 0.317 e. The maximum absolute atomic E-state index is 3.33. The maximum Gasteiger partial charge on any atom is 0.00817 e. The van der Waals surface area contributed by atoms with Crippen molar-refractivity contribution < 1.29 is 0 Å². The van der Waals surface area contributed by atoms with Crippen molar-refractivity contribution in [1.29, 1.82) is 0 Å². The summed E-state index contributed by atoms with van der Waals surface area (Å²) in [6.45, 7) is 12.0. The van der Waals surface area contributed by atoms with Crippen molar-refractivity contribution >= 4 is 0 Å². The molecule has 0 amide bonds. The van der Waals surface area contributed by atoms with E-state index in [0.29, 0.717) is 6.04 Å². The second-order valence-corrected chi connectivity index (χ2v) is 5.51. The van der Waals surface area contributed by atoms with Crippen LogP contribution in [0.2, 0.25) is 0 Å². The number of likely N-dealkylation sites (tertiary alicyclic amines) is 1. The van der Waals surface area contributed by atoms with Crippen LogP contribution in [0, 0.1) is 11.8 Å². The second-order valence-electron chi connectivity index (χ2n) is 5.51. The zero-order valence-electron chi connectivity index (χ0n) is 11.1. The van der Waals surface area contributed by atoms with Crippen LogP contribution in [0.15, 0.2) is 0 Å². The molecule has 0 aromatic heterocycles.